The molecule has 3 rings (SSSR count). The first kappa shape index (κ1) is 18.4. The van der Waals surface area contributed by atoms with E-state index in [-0.39, 0.29) is 23.8 Å². The van der Waals surface area contributed by atoms with Gasteiger partial charge in [0, 0.05) is 0 Å². The van der Waals surface area contributed by atoms with E-state index >= 15 is 0 Å². The predicted molar refractivity (Wildman–Crippen MR) is 97.9 cm³/mol. The molecule has 0 bridgehead atoms. The van der Waals surface area contributed by atoms with Gasteiger partial charge in [0.1, 0.15) is 12.4 Å². The first-order valence-corrected chi connectivity index (χ1v) is 8.74. The van der Waals surface area contributed by atoms with E-state index in [0.29, 0.717) is 16.3 Å². The number of amides is 1. The predicted octanol–water partition coefficient (Wildman–Crippen LogP) is 3.74. The normalized spacial score (nSPS) is 10.3. The second-order valence-corrected chi connectivity index (χ2v) is 6.26. The number of hydrogen-bond donors (Lipinski definition) is 1. The van der Waals surface area contributed by atoms with Gasteiger partial charge in [-0.05, 0) is 35.7 Å². The number of thiophene rings is 1. The highest BCUT2D eigenvalue weighted by molar-refractivity contribution is 7.12. The van der Waals surface area contributed by atoms with Gasteiger partial charge in [0.05, 0.1) is 23.2 Å². The highest BCUT2D eigenvalue weighted by Gasteiger charge is 2.17. The number of nitrogens with one attached hydrogen (secondary N) is 1. The largest absolute Gasteiger partial charge is 0.463 e. The van der Waals surface area contributed by atoms with E-state index in [4.69, 9.17) is 9.15 Å². The van der Waals surface area contributed by atoms with Gasteiger partial charge in [0.25, 0.3) is 5.91 Å². The van der Waals surface area contributed by atoms with Gasteiger partial charge >= 0.3 is 11.9 Å². The van der Waals surface area contributed by atoms with Crippen LogP contribution in [0.2, 0.25) is 0 Å². The molecule has 2 heterocycles. The lowest BCUT2D eigenvalue weighted by Crippen LogP contribution is -2.14. The van der Waals surface area contributed by atoms with Crippen molar-refractivity contribution in [1.82, 2.24) is 0 Å². The number of ether oxygens (including phenoxy) is 2. The molecule has 0 fully saturated rings. The molecular weight excluding hydrogens is 370 g/mol. The molecule has 0 unspecified atom stereocenters. The number of benzene rings is 1. The van der Waals surface area contributed by atoms with Crippen LogP contribution in [0.1, 0.15) is 36.3 Å². The van der Waals surface area contributed by atoms with E-state index in [1.807, 2.05) is 0 Å². The minimum atomic E-state index is -0.631. The highest BCUT2D eigenvalue weighted by atomic mass is 32.1. The molecule has 1 aromatic carbocycles. The van der Waals surface area contributed by atoms with Crippen molar-refractivity contribution in [1.29, 1.82) is 0 Å². The van der Waals surface area contributed by atoms with E-state index in [0.717, 1.165) is 0 Å². The van der Waals surface area contributed by atoms with Crippen LogP contribution >= 0.6 is 11.3 Å². The van der Waals surface area contributed by atoms with Gasteiger partial charge in [-0.1, -0.05) is 18.2 Å². The van der Waals surface area contributed by atoms with Crippen LogP contribution in [0.4, 0.5) is 5.69 Å². The average Bonchev–Trinajstić information content (AvgIpc) is 3.38. The number of methoxy groups -OCH3 is 1. The summed E-state index contributed by atoms with van der Waals surface area (Å²) in [4.78, 5) is 36.5. The third-order valence-electron chi connectivity index (χ3n) is 3.53. The van der Waals surface area contributed by atoms with Crippen LogP contribution in [0, 0.1) is 0 Å². The molecule has 2 aromatic heterocycles. The van der Waals surface area contributed by atoms with Crippen molar-refractivity contribution in [2.75, 3.05) is 12.4 Å². The zero-order chi connectivity index (χ0) is 19.2. The van der Waals surface area contributed by atoms with Gasteiger partial charge in [-0.25, -0.2) is 9.59 Å². The number of rotatable bonds is 6. The third kappa shape index (κ3) is 4.42. The highest BCUT2D eigenvalue weighted by Crippen LogP contribution is 2.20. The minimum absolute atomic E-state index is 0.0205. The van der Waals surface area contributed by atoms with E-state index in [1.54, 1.807) is 41.8 Å². The molecular formula is C19H15NO6S. The first-order chi connectivity index (χ1) is 13.1. The third-order valence-corrected chi connectivity index (χ3v) is 4.40. The van der Waals surface area contributed by atoms with Crippen molar-refractivity contribution in [2.45, 2.75) is 6.61 Å². The van der Waals surface area contributed by atoms with E-state index in [9.17, 15) is 14.4 Å². The maximum atomic E-state index is 12.4. The molecule has 0 saturated carbocycles. The second kappa shape index (κ2) is 8.33. The molecule has 0 aliphatic rings. The van der Waals surface area contributed by atoms with Crippen molar-refractivity contribution in [3.05, 3.63) is 75.9 Å². The maximum Gasteiger partial charge on any atom is 0.373 e. The fourth-order valence-electron chi connectivity index (χ4n) is 2.24. The van der Waals surface area contributed by atoms with Gasteiger partial charge in [-0.3, -0.25) is 4.79 Å². The van der Waals surface area contributed by atoms with Gasteiger partial charge < -0.3 is 19.2 Å². The van der Waals surface area contributed by atoms with Crippen LogP contribution in [0.15, 0.2) is 58.3 Å². The van der Waals surface area contributed by atoms with Crippen LogP contribution in [-0.2, 0) is 16.1 Å². The van der Waals surface area contributed by atoms with E-state index < -0.39 is 11.9 Å². The summed E-state index contributed by atoms with van der Waals surface area (Å²) in [6.45, 7) is -0.164. The van der Waals surface area contributed by atoms with Crippen molar-refractivity contribution in [3.8, 4) is 0 Å². The molecule has 0 aliphatic carbocycles. The number of para-hydroxylation sites is 1. The molecule has 0 spiro atoms. The van der Waals surface area contributed by atoms with Crippen LogP contribution in [0.5, 0.6) is 0 Å². The van der Waals surface area contributed by atoms with Gasteiger partial charge in [-0.2, -0.15) is 0 Å². The molecule has 138 valence electrons. The van der Waals surface area contributed by atoms with Gasteiger partial charge in [-0.15, -0.1) is 11.3 Å². The molecule has 0 radical (unpaired) electrons. The Morgan fingerprint density at radius 1 is 1.04 bits per heavy atom. The Hall–Kier alpha value is -3.39. The fraction of sp³-hybridized carbons (Fsp3) is 0.105. The standard InChI is InChI=1S/C19H15NO6S/c1-24-19(23)15-9-8-12(26-15)11-25-18(22)13-5-2-3-6-14(13)20-17(21)16-7-4-10-27-16/h2-10H,11H2,1H3,(H,20,21). The fourth-order valence-corrected chi connectivity index (χ4v) is 2.86. The van der Waals surface area contributed by atoms with E-state index in [2.05, 4.69) is 10.1 Å². The molecule has 8 heteroatoms. The van der Waals surface area contributed by atoms with Crippen molar-refractivity contribution >= 4 is 34.9 Å². The number of furan rings is 1. The SMILES string of the molecule is COC(=O)c1ccc(COC(=O)c2ccccc2NC(=O)c2cccs2)o1. The number of hydrogen-bond acceptors (Lipinski definition) is 7. The van der Waals surface area contributed by atoms with Crippen molar-refractivity contribution in [2.24, 2.45) is 0 Å². The molecule has 3 aromatic rings. The summed E-state index contributed by atoms with van der Waals surface area (Å²) < 4.78 is 15.0. The molecule has 1 N–H and O–H groups in total. The van der Waals surface area contributed by atoms with Crippen LogP contribution in [0.25, 0.3) is 0 Å². The quantitative estimate of drug-likeness (QED) is 0.650. The number of esters is 2. The number of carbonyl (C=O) groups excluding carboxylic acids is 3. The Bertz CT molecular complexity index is 960. The lowest BCUT2D eigenvalue weighted by Gasteiger charge is -2.10. The summed E-state index contributed by atoms with van der Waals surface area (Å²) in [6.07, 6.45) is 0. The lowest BCUT2D eigenvalue weighted by molar-refractivity contribution is 0.0439. The monoisotopic (exact) mass is 385 g/mol. The minimum Gasteiger partial charge on any atom is -0.463 e. The Kier molecular flexibility index (Phi) is 5.68. The summed E-state index contributed by atoms with van der Waals surface area (Å²) in [5, 5.41) is 4.50. The first-order valence-electron chi connectivity index (χ1n) is 7.86. The van der Waals surface area contributed by atoms with Crippen LogP contribution < -0.4 is 5.32 Å². The molecule has 0 atom stereocenters. The number of anilines is 1. The molecule has 0 saturated heterocycles. The Morgan fingerprint density at radius 3 is 2.59 bits per heavy atom. The molecule has 27 heavy (non-hydrogen) atoms. The summed E-state index contributed by atoms with van der Waals surface area (Å²) >= 11 is 1.30. The van der Waals surface area contributed by atoms with E-state index in [1.165, 1.54) is 30.6 Å². The summed E-state index contributed by atoms with van der Waals surface area (Å²) in [5.74, 6) is -1.24. The van der Waals surface area contributed by atoms with Crippen LogP contribution in [-0.4, -0.2) is 25.0 Å². The molecule has 1 amide bonds. The van der Waals surface area contributed by atoms with Crippen molar-refractivity contribution < 1.29 is 28.3 Å². The number of carbonyl (C=O) groups is 3. The lowest BCUT2D eigenvalue weighted by atomic mass is 10.1. The maximum absolute atomic E-state index is 12.4. The summed E-state index contributed by atoms with van der Waals surface area (Å²) in [6, 6.07) is 12.9. The van der Waals surface area contributed by atoms with Gasteiger partial charge in [0.15, 0.2) is 0 Å². The Balaban J connectivity index is 1.67. The van der Waals surface area contributed by atoms with Crippen molar-refractivity contribution in [3.63, 3.8) is 0 Å². The summed E-state index contributed by atoms with van der Waals surface area (Å²) in [7, 11) is 1.24. The molecule has 7 nitrogen and oxygen atoms in total. The zero-order valence-electron chi connectivity index (χ0n) is 14.3. The smallest absolute Gasteiger partial charge is 0.373 e. The summed E-state index contributed by atoms with van der Waals surface area (Å²) in [5.41, 5.74) is 0.553. The zero-order valence-corrected chi connectivity index (χ0v) is 15.1. The topological polar surface area (TPSA) is 94.8 Å². The second-order valence-electron chi connectivity index (χ2n) is 5.31. The Labute approximate surface area is 158 Å². The Morgan fingerprint density at radius 2 is 1.85 bits per heavy atom. The molecule has 0 aliphatic heterocycles. The average molecular weight is 385 g/mol. The van der Waals surface area contributed by atoms with Gasteiger partial charge in [0.2, 0.25) is 5.76 Å². The van der Waals surface area contributed by atoms with Crippen LogP contribution in [0.3, 0.4) is 0 Å².